The first-order valence-electron chi connectivity index (χ1n) is 6.60. The molecule has 1 N–H and O–H groups in total. The Hall–Kier alpha value is -2.23. The number of aryl methyl sites for hydroxylation is 1. The molecular weight excluding hydrogens is 255 g/mol. The number of hydrogen-bond donors (Lipinski definition) is 1. The van der Waals surface area contributed by atoms with Gasteiger partial charge in [-0.05, 0) is 31.5 Å². The Balaban J connectivity index is 1.87. The minimum Gasteiger partial charge on any atom is -0.349 e. The second-order valence-corrected chi connectivity index (χ2v) is 4.63. The summed E-state index contributed by atoms with van der Waals surface area (Å²) >= 11 is 0. The third kappa shape index (κ3) is 3.88. The van der Waals surface area contributed by atoms with Gasteiger partial charge in [0.2, 0.25) is 5.91 Å². The highest BCUT2D eigenvalue weighted by Crippen LogP contribution is 2.16. The topological polar surface area (TPSA) is 42.0 Å². The second kappa shape index (κ2) is 6.80. The molecule has 20 heavy (non-hydrogen) atoms. The van der Waals surface area contributed by atoms with E-state index in [9.17, 15) is 9.18 Å². The Labute approximate surface area is 117 Å². The van der Waals surface area contributed by atoms with Crippen LogP contribution in [-0.4, -0.2) is 10.9 Å². The fourth-order valence-electron chi connectivity index (χ4n) is 2.01. The third-order valence-electron chi connectivity index (χ3n) is 3.08. The van der Waals surface area contributed by atoms with Crippen LogP contribution in [0.25, 0.3) is 0 Å². The normalized spacial score (nSPS) is 11.9. The molecule has 1 aromatic carbocycles. The van der Waals surface area contributed by atoms with Crippen LogP contribution in [0.1, 0.15) is 30.6 Å². The lowest BCUT2D eigenvalue weighted by molar-refractivity contribution is -0.121. The fourth-order valence-corrected chi connectivity index (χ4v) is 2.01. The highest BCUT2D eigenvalue weighted by atomic mass is 19.1. The van der Waals surface area contributed by atoms with E-state index in [1.165, 1.54) is 6.07 Å². The summed E-state index contributed by atoms with van der Waals surface area (Å²) in [4.78, 5) is 16.0. The zero-order chi connectivity index (χ0) is 14.4. The van der Waals surface area contributed by atoms with E-state index in [-0.39, 0.29) is 17.8 Å². The highest BCUT2D eigenvalue weighted by Gasteiger charge is 2.12. The number of amides is 1. The minimum atomic E-state index is -0.340. The van der Waals surface area contributed by atoms with Crippen LogP contribution in [-0.2, 0) is 11.2 Å². The first kappa shape index (κ1) is 14.2. The van der Waals surface area contributed by atoms with Crippen molar-refractivity contribution in [2.75, 3.05) is 0 Å². The molecule has 1 aromatic heterocycles. The molecule has 0 fully saturated rings. The summed E-state index contributed by atoms with van der Waals surface area (Å²) in [5.74, 6) is -0.406. The summed E-state index contributed by atoms with van der Waals surface area (Å²) in [6.07, 6.45) is 2.63. The molecule has 4 heteroatoms. The Kier molecular flexibility index (Phi) is 4.82. The van der Waals surface area contributed by atoms with Crippen molar-refractivity contribution in [3.63, 3.8) is 0 Å². The number of carbonyl (C=O) groups excluding carboxylic acids is 1. The van der Waals surface area contributed by atoms with Crippen LogP contribution in [0.2, 0.25) is 0 Å². The van der Waals surface area contributed by atoms with Crippen LogP contribution in [0, 0.1) is 5.82 Å². The first-order chi connectivity index (χ1) is 9.66. The molecule has 0 saturated heterocycles. The van der Waals surface area contributed by atoms with E-state index in [2.05, 4.69) is 10.3 Å². The van der Waals surface area contributed by atoms with Gasteiger partial charge in [-0.2, -0.15) is 0 Å². The number of aromatic nitrogens is 1. The molecule has 0 aliphatic heterocycles. The Morgan fingerprint density at radius 3 is 2.70 bits per heavy atom. The smallest absolute Gasteiger partial charge is 0.220 e. The lowest BCUT2D eigenvalue weighted by Gasteiger charge is -2.14. The van der Waals surface area contributed by atoms with Crippen LogP contribution in [0.15, 0.2) is 48.7 Å². The van der Waals surface area contributed by atoms with Crippen molar-refractivity contribution in [1.82, 2.24) is 10.3 Å². The van der Waals surface area contributed by atoms with Gasteiger partial charge < -0.3 is 5.32 Å². The Bertz CT molecular complexity index is 572. The fraction of sp³-hybridized carbons (Fsp3) is 0.250. The third-order valence-corrected chi connectivity index (χ3v) is 3.08. The van der Waals surface area contributed by atoms with Gasteiger partial charge in [0.1, 0.15) is 5.82 Å². The van der Waals surface area contributed by atoms with Gasteiger partial charge in [-0.1, -0.05) is 24.3 Å². The SMILES string of the molecule is C[C@@H](NC(=O)CCc1ccccn1)c1ccccc1F. The van der Waals surface area contributed by atoms with Crippen molar-refractivity contribution in [1.29, 1.82) is 0 Å². The van der Waals surface area contributed by atoms with Crippen molar-refractivity contribution >= 4 is 5.91 Å². The average Bonchev–Trinajstić information content (AvgIpc) is 2.46. The summed E-state index contributed by atoms with van der Waals surface area (Å²) in [6.45, 7) is 1.77. The maximum absolute atomic E-state index is 13.6. The zero-order valence-corrected chi connectivity index (χ0v) is 11.3. The molecule has 0 radical (unpaired) electrons. The number of nitrogens with zero attached hydrogens (tertiary/aromatic N) is 1. The number of rotatable bonds is 5. The lowest BCUT2D eigenvalue weighted by atomic mass is 10.1. The number of nitrogens with one attached hydrogen (secondary N) is 1. The van der Waals surface area contributed by atoms with E-state index in [1.807, 2.05) is 18.2 Å². The average molecular weight is 272 g/mol. The maximum Gasteiger partial charge on any atom is 0.220 e. The van der Waals surface area contributed by atoms with E-state index < -0.39 is 0 Å². The van der Waals surface area contributed by atoms with Gasteiger partial charge in [-0.25, -0.2) is 4.39 Å². The van der Waals surface area contributed by atoms with E-state index in [0.717, 1.165) is 5.69 Å². The standard InChI is InChI=1S/C16H17FN2O/c1-12(14-7-2-3-8-15(14)17)19-16(20)10-9-13-6-4-5-11-18-13/h2-8,11-12H,9-10H2,1H3,(H,19,20)/t12-/m1/s1. The number of carbonyl (C=O) groups is 1. The molecule has 0 unspecified atom stereocenters. The molecule has 0 aliphatic carbocycles. The molecule has 2 rings (SSSR count). The van der Waals surface area contributed by atoms with Crippen molar-refractivity contribution in [2.24, 2.45) is 0 Å². The summed E-state index contributed by atoms with van der Waals surface area (Å²) in [6, 6.07) is 11.7. The molecule has 0 bridgehead atoms. The highest BCUT2D eigenvalue weighted by molar-refractivity contribution is 5.76. The molecule has 2 aromatic rings. The predicted molar refractivity (Wildman–Crippen MR) is 75.5 cm³/mol. The van der Waals surface area contributed by atoms with E-state index in [1.54, 1.807) is 31.3 Å². The summed E-state index contributed by atoms with van der Waals surface area (Å²) < 4.78 is 13.6. The Morgan fingerprint density at radius 2 is 2.00 bits per heavy atom. The van der Waals surface area contributed by atoms with Crippen molar-refractivity contribution in [3.05, 3.63) is 65.7 Å². The maximum atomic E-state index is 13.6. The molecular formula is C16H17FN2O. The van der Waals surface area contributed by atoms with Gasteiger partial charge in [-0.15, -0.1) is 0 Å². The van der Waals surface area contributed by atoms with Gasteiger partial charge in [0.05, 0.1) is 6.04 Å². The predicted octanol–water partition coefficient (Wildman–Crippen LogP) is 3.03. The van der Waals surface area contributed by atoms with Crippen LogP contribution < -0.4 is 5.32 Å². The minimum absolute atomic E-state index is 0.105. The van der Waals surface area contributed by atoms with E-state index in [4.69, 9.17) is 0 Å². The molecule has 1 amide bonds. The molecule has 0 saturated carbocycles. The first-order valence-corrected chi connectivity index (χ1v) is 6.60. The number of pyridine rings is 1. The van der Waals surface area contributed by atoms with Gasteiger partial charge in [0.25, 0.3) is 0 Å². The van der Waals surface area contributed by atoms with Crippen molar-refractivity contribution in [3.8, 4) is 0 Å². The van der Waals surface area contributed by atoms with Gasteiger partial charge in [0.15, 0.2) is 0 Å². The molecule has 3 nitrogen and oxygen atoms in total. The summed E-state index contributed by atoms with van der Waals surface area (Å²) in [5.41, 5.74) is 1.37. The van der Waals surface area contributed by atoms with Crippen molar-refractivity contribution < 1.29 is 9.18 Å². The number of hydrogen-bond acceptors (Lipinski definition) is 2. The van der Waals surface area contributed by atoms with Crippen LogP contribution in [0.5, 0.6) is 0 Å². The molecule has 0 aliphatic rings. The van der Waals surface area contributed by atoms with Crippen LogP contribution in [0.3, 0.4) is 0 Å². The molecule has 0 spiro atoms. The lowest BCUT2D eigenvalue weighted by Crippen LogP contribution is -2.27. The largest absolute Gasteiger partial charge is 0.349 e. The molecule has 104 valence electrons. The quantitative estimate of drug-likeness (QED) is 0.909. The molecule has 1 atom stereocenters. The van der Waals surface area contributed by atoms with Crippen LogP contribution in [0.4, 0.5) is 4.39 Å². The number of benzene rings is 1. The second-order valence-electron chi connectivity index (χ2n) is 4.63. The molecule has 1 heterocycles. The van der Waals surface area contributed by atoms with Gasteiger partial charge in [-0.3, -0.25) is 9.78 Å². The van der Waals surface area contributed by atoms with Crippen LogP contribution >= 0.6 is 0 Å². The van der Waals surface area contributed by atoms with E-state index >= 15 is 0 Å². The zero-order valence-electron chi connectivity index (χ0n) is 11.3. The van der Waals surface area contributed by atoms with E-state index in [0.29, 0.717) is 18.4 Å². The van der Waals surface area contributed by atoms with Gasteiger partial charge >= 0.3 is 0 Å². The number of halogens is 1. The van der Waals surface area contributed by atoms with Crippen molar-refractivity contribution in [2.45, 2.75) is 25.8 Å². The van der Waals surface area contributed by atoms with Gasteiger partial charge in [0, 0.05) is 23.9 Å². The summed E-state index contributed by atoms with van der Waals surface area (Å²) in [7, 11) is 0. The summed E-state index contributed by atoms with van der Waals surface area (Å²) in [5, 5.41) is 2.80. The monoisotopic (exact) mass is 272 g/mol. The Morgan fingerprint density at radius 1 is 1.25 bits per heavy atom.